The highest BCUT2D eigenvalue weighted by atomic mass is 79.9. The lowest BCUT2D eigenvalue weighted by Gasteiger charge is -2.23. The molecule has 1 saturated heterocycles. The molecule has 0 atom stereocenters. The van der Waals surface area contributed by atoms with Crippen LogP contribution in [0.15, 0.2) is 21.7 Å². The third kappa shape index (κ3) is 2.51. The van der Waals surface area contributed by atoms with Gasteiger partial charge in [0, 0.05) is 4.47 Å². The first-order valence-electron chi connectivity index (χ1n) is 6.22. The summed E-state index contributed by atoms with van der Waals surface area (Å²) in [6, 6.07) is 3.70. The van der Waals surface area contributed by atoms with Gasteiger partial charge in [-0.15, -0.1) is 0 Å². The Morgan fingerprint density at radius 1 is 1.40 bits per heavy atom. The van der Waals surface area contributed by atoms with Gasteiger partial charge in [0.15, 0.2) is 5.75 Å². The Morgan fingerprint density at radius 3 is 2.90 bits per heavy atom. The molecule has 5 nitrogen and oxygen atoms in total. The predicted molar refractivity (Wildman–Crippen MR) is 82.7 cm³/mol. The second-order valence-electron chi connectivity index (χ2n) is 4.48. The summed E-state index contributed by atoms with van der Waals surface area (Å²) in [6.07, 6.45) is 1.62. The molecule has 1 aromatic heterocycles. The summed E-state index contributed by atoms with van der Waals surface area (Å²) in [5.74, 6) is 0.114. The Labute approximate surface area is 129 Å². The number of aromatic hydroxyl groups is 1. The fourth-order valence-corrected chi connectivity index (χ4v) is 2.71. The number of benzene rings is 1. The van der Waals surface area contributed by atoms with Crippen LogP contribution in [0.2, 0.25) is 5.02 Å². The van der Waals surface area contributed by atoms with Crippen LogP contribution in [0.4, 0.5) is 0 Å². The quantitative estimate of drug-likeness (QED) is 0.812. The van der Waals surface area contributed by atoms with Crippen molar-refractivity contribution >= 4 is 44.6 Å². The van der Waals surface area contributed by atoms with Gasteiger partial charge in [-0.3, -0.25) is 5.01 Å². The average molecular weight is 359 g/mol. The van der Waals surface area contributed by atoms with Crippen molar-refractivity contribution in [3.63, 3.8) is 0 Å². The van der Waals surface area contributed by atoms with Crippen molar-refractivity contribution in [3.8, 4) is 5.75 Å². The number of morpholine rings is 1. The molecule has 0 saturated carbocycles. The zero-order valence-electron chi connectivity index (χ0n) is 10.6. The summed E-state index contributed by atoms with van der Waals surface area (Å²) in [5.41, 5.74) is 1.32. The number of hydrazone groups is 1. The minimum Gasteiger partial charge on any atom is -0.505 e. The van der Waals surface area contributed by atoms with Crippen molar-refractivity contribution in [2.45, 2.75) is 0 Å². The standard InChI is InChI=1S/C13H13BrClN3O2/c14-8-1-2-9-11(12(8)15)13(19)10(17-9)7-16-18-3-5-20-6-4-18/h1-2,7,17,19H,3-6H2. The molecule has 2 N–H and O–H groups in total. The van der Waals surface area contributed by atoms with E-state index in [4.69, 9.17) is 16.3 Å². The number of hydrogen-bond donors (Lipinski definition) is 2. The van der Waals surface area contributed by atoms with Crippen molar-refractivity contribution < 1.29 is 9.84 Å². The van der Waals surface area contributed by atoms with E-state index in [1.54, 1.807) is 6.21 Å². The van der Waals surface area contributed by atoms with Crippen molar-refractivity contribution in [2.24, 2.45) is 5.10 Å². The van der Waals surface area contributed by atoms with Gasteiger partial charge in [-0.1, -0.05) is 11.6 Å². The summed E-state index contributed by atoms with van der Waals surface area (Å²) < 4.78 is 6.00. The lowest BCUT2D eigenvalue weighted by Crippen LogP contribution is -2.32. The first kappa shape index (κ1) is 13.7. The highest BCUT2D eigenvalue weighted by Crippen LogP contribution is 2.38. The fraction of sp³-hybridized carbons (Fsp3) is 0.308. The van der Waals surface area contributed by atoms with Crippen LogP contribution in [0.25, 0.3) is 10.9 Å². The molecule has 106 valence electrons. The van der Waals surface area contributed by atoms with Gasteiger partial charge in [-0.25, -0.2) is 0 Å². The van der Waals surface area contributed by atoms with Gasteiger partial charge < -0.3 is 14.8 Å². The Balaban J connectivity index is 1.94. The van der Waals surface area contributed by atoms with E-state index in [-0.39, 0.29) is 5.75 Å². The molecule has 1 fully saturated rings. The number of nitrogens with one attached hydrogen (secondary N) is 1. The van der Waals surface area contributed by atoms with Gasteiger partial charge in [-0.2, -0.15) is 5.10 Å². The average Bonchev–Trinajstić information content (AvgIpc) is 2.79. The van der Waals surface area contributed by atoms with Crippen molar-refractivity contribution in [1.29, 1.82) is 0 Å². The molecule has 0 radical (unpaired) electrons. The maximum absolute atomic E-state index is 10.3. The number of aromatic amines is 1. The summed E-state index contributed by atoms with van der Waals surface area (Å²) in [6.45, 7) is 2.86. The van der Waals surface area contributed by atoms with E-state index >= 15 is 0 Å². The van der Waals surface area contributed by atoms with Crippen LogP contribution in [-0.2, 0) is 4.74 Å². The Morgan fingerprint density at radius 2 is 2.15 bits per heavy atom. The molecule has 1 aliphatic heterocycles. The fourth-order valence-electron chi connectivity index (χ4n) is 2.13. The molecule has 0 aliphatic carbocycles. The molecule has 3 rings (SSSR count). The van der Waals surface area contributed by atoms with Gasteiger partial charge in [0.2, 0.25) is 0 Å². The van der Waals surface area contributed by atoms with E-state index < -0.39 is 0 Å². The van der Waals surface area contributed by atoms with Crippen molar-refractivity contribution in [3.05, 3.63) is 27.3 Å². The van der Waals surface area contributed by atoms with Crippen LogP contribution in [0.1, 0.15) is 5.69 Å². The van der Waals surface area contributed by atoms with E-state index in [1.807, 2.05) is 17.1 Å². The Bertz CT molecular complexity index is 665. The molecule has 2 aromatic rings. The lowest BCUT2D eigenvalue weighted by molar-refractivity contribution is 0.0396. The minimum absolute atomic E-state index is 0.114. The normalized spacial score (nSPS) is 16.4. The van der Waals surface area contributed by atoms with Crippen LogP contribution in [0, 0.1) is 0 Å². The lowest BCUT2D eigenvalue weighted by atomic mass is 10.2. The molecule has 1 aliphatic rings. The van der Waals surface area contributed by atoms with Gasteiger partial charge in [0.05, 0.1) is 48.4 Å². The third-order valence-corrected chi connectivity index (χ3v) is 4.48. The van der Waals surface area contributed by atoms with Gasteiger partial charge in [0.1, 0.15) is 5.69 Å². The molecule has 0 unspecified atom stereocenters. The number of H-pyrrole nitrogens is 1. The van der Waals surface area contributed by atoms with Crippen LogP contribution in [0.5, 0.6) is 5.75 Å². The molecule has 7 heteroatoms. The van der Waals surface area contributed by atoms with Crippen LogP contribution >= 0.6 is 27.5 Å². The molecule has 20 heavy (non-hydrogen) atoms. The minimum atomic E-state index is 0.114. The summed E-state index contributed by atoms with van der Waals surface area (Å²) >= 11 is 9.54. The number of nitrogens with zero attached hydrogens (tertiary/aromatic N) is 2. The number of halogens is 2. The monoisotopic (exact) mass is 357 g/mol. The summed E-state index contributed by atoms with van der Waals surface area (Å²) in [7, 11) is 0. The second kappa shape index (κ2) is 5.63. The van der Waals surface area contributed by atoms with E-state index in [1.165, 1.54) is 0 Å². The molecule has 0 spiro atoms. The van der Waals surface area contributed by atoms with Gasteiger partial charge in [-0.05, 0) is 28.1 Å². The van der Waals surface area contributed by atoms with E-state index in [9.17, 15) is 5.11 Å². The second-order valence-corrected chi connectivity index (χ2v) is 5.71. The Hall–Kier alpha value is -1.24. The largest absolute Gasteiger partial charge is 0.505 e. The van der Waals surface area contributed by atoms with Crippen LogP contribution < -0.4 is 0 Å². The third-order valence-electron chi connectivity index (χ3n) is 3.19. The molecular weight excluding hydrogens is 346 g/mol. The van der Waals surface area contributed by atoms with Crippen molar-refractivity contribution in [2.75, 3.05) is 26.3 Å². The van der Waals surface area contributed by atoms with E-state index in [0.29, 0.717) is 29.3 Å². The van der Waals surface area contributed by atoms with Crippen molar-refractivity contribution in [1.82, 2.24) is 9.99 Å². The molecular formula is C13H13BrClN3O2. The summed E-state index contributed by atoms with van der Waals surface area (Å²) in [5, 5.41) is 17.6. The number of aromatic nitrogens is 1. The van der Waals surface area contributed by atoms with Crippen LogP contribution in [-0.4, -0.2) is 47.6 Å². The number of fused-ring (bicyclic) bond motifs is 1. The molecule has 1 aromatic carbocycles. The zero-order chi connectivity index (χ0) is 14.1. The predicted octanol–water partition coefficient (Wildman–Crippen LogP) is 2.96. The molecule has 0 bridgehead atoms. The molecule has 2 heterocycles. The number of rotatable bonds is 2. The maximum atomic E-state index is 10.3. The number of ether oxygens (including phenoxy) is 1. The van der Waals surface area contributed by atoms with Gasteiger partial charge in [0.25, 0.3) is 0 Å². The smallest absolute Gasteiger partial charge is 0.151 e. The first-order chi connectivity index (χ1) is 9.66. The summed E-state index contributed by atoms with van der Waals surface area (Å²) in [4.78, 5) is 3.11. The zero-order valence-corrected chi connectivity index (χ0v) is 12.9. The topological polar surface area (TPSA) is 60.9 Å². The van der Waals surface area contributed by atoms with Crippen LogP contribution in [0.3, 0.4) is 0 Å². The van der Waals surface area contributed by atoms with E-state index in [2.05, 4.69) is 26.0 Å². The highest BCUT2D eigenvalue weighted by Gasteiger charge is 2.14. The molecule has 0 amide bonds. The Kier molecular flexibility index (Phi) is 3.87. The maximum Gasteiger partial charge on any atom is 0.151 e. The highest BCUT2D eigenvalue weighted by molar-refractivity contribution is 9.10. The number of hydrogen-bond acceptors (Lipinski definition) is 4. The SMILES string of the molecule is Oc1c(C=NN2CCOCC2)[nH]c2ccc(Br)c(Cl)c12. The van der Waals surface area contributed by atoms with E-state index in [0.717, 1.165) is 23.1 Å². The van der Waals surface area contributed by atoms with Gasteiger partial charge >= 0.3 is 0 Å². The first-order valence-corrected chi connectivity index (χ1v) is 7.39.